The molecule has 0 aliphatic rings. The lowest BCUT2D eigenvalue weighted by atomic mass is 10.1. The summed E-state index contributed by atoms with van der Waals surface area (Å²) in [5.74, 6) is -0.148. The van der Waals surface area contributed by atoms with Crippen molar-refractivity contribution in [2.24, 2.45) is 0 Å². The van der Waals surface area contributed by atoms with Crippen molar-refractivity contribution in [1.29, 1.82) is 0 Å². The van der Waals surface area contributed by atoms with E-state index in [1.807, 2.05) is 26.0 Å². The van der Waals surface area contributed by atoms with Crippen LogP contribution in [0, 0.1) is 13.8 Å². The number of aromatic nitrogens is 1. The Labute approximate surface area is 112 Å². The minimum absolute atomic E-state index is 0.148. The molecule has 0 saturated heterocycles. The molecule has 0 radical (unpaired) electrons. The van der Waals surface area contributed by atoms with E-state index < -0.39 is 0 Å². The predicted molar refractivity (Wildman–Crippen MR) is 75.4 cm³/mol. The van der Waals surface area contributed by atoms with E-state index in [-0.39, 0.29) is 5.91 Å². The van der Waals surface area contributed by atoms with E-state index >= 15 is 0 Å². The summed E-state index contributed by atoms with van der Waals surface area (Å²) < 4.78 is 0. The zero-order valence-electron chi connectivity index (χ0n) is 10.3. The minimum Gasteiger partial charge on any atom is -0.320 e. The summed E-state index contributed by atoms with van der Waals surface area (Å²) >= 11 is 4.22. The molecule has 1 heterocycles. The van der Waals surface area contributed by atoms with Gasteiger partial charge in [-0.25, -0.2) is 0 Å². The summed E-state index contributed by atoms with van der Waals surface area (Å²) in [6.45, 7) is 3.82. The number of rotatable bonds is 2. The molecule has 0 fully saturated rings. The lowest BCUT2D eigenvalue weighted by Gasteiger charge is -2.10. The van der Waals surface area contributed by atoms with Crippen LogP contribution in [-0.2, 0) is 0 Å². The SMILES string of the molecule is Cc1ccnc(C)c1NC(=O)c1cccc(S)c1. The summed E-state index contributed by atoms with van der Waals surface area (Å²) in [6.07, 6.45) is 1.73. The highest BCUT2D eigenvalue weighted by molar-refractivity contribution is 7.80. The van der Waals surface area contributed by atoms with Crippen molar-refractivity contribution in [2.75, 3.05) is 5.32 Å². The number of thiol groups is 1. The number of aryl methyl sites for hydroxylation is 2. The Morgan fingerprint density at radius 2 is 2.06 bits per heavy atom. The number of hydrogen-bond donors (Lipinski definition) is 2. The third-order valence-electron chi connectivity index (χ3n) is 2.70. The van der Waals surface area contributed by atoms with E-state index in [2.05, 4.69) is 22.9 Å². The molecule has 0 atom stereocenters. The number of carbonyl (C=O) groups is 1. The van der Waals surface area contributed by atoms with Gasteiger partial charge in [-0.1, -0.05) is 6.07 Å². The van der Waals surface area contributed by atoms with Crippen molar-refractivity contribution in [3.8, 4) is 0 Å². The van der Waals surface area contributed by atoms with Crippen molar-refractivity contribution < 1.29 is 4.79 Å². The first-order valence-corrected chi connectivity index (χ1v) is 6.05. The van der Waals surface area contributed by atoms with E-state index in [1.54, 1.807) is 24.4 Å². The van der Waals surface area contributed by atoms with Crippen molar-refractivity contribution in [2.45, 2.75) is 18.7 Å². The molecule has 1 N–H and O–H groups in total. The Hall–Kier alpha value is -1.81. The molecule has 0 unspecified atom stereocenters. The van der Waals surface area contributed by atoms with Gasteiger partial charge in [0.05, 0.1) is 11.4 Å². The minimum atomic E-state index is -0.148. The third-order valence-corrected chi connectivity index (χ3v) is 2.97. The normalized spacial score (nSPS) is 10.2. The number of amides is 1. The number of anilines is 1. The van der Waals surface area contributed by atoms with Gasteiger partial charge in [-0.15, -0.1) is 12.6 Å². The molecule has 3 nitrogen and oxygen atoms in total. The van der Waals surface area contributed by atoms with Crippen molar-refractivity contribution in [3.05, 3.63) is 53.3 Å². The molecule has 1 amide bonds. The van der Waals surface area contributed by atoms with Crippen molar-refractivity contribution in [3.63, 3.8) is 0 Å². The highest BCUT2D eigenvalue weighted by Gasteiger charge is 2.10. The monoisotopic (exact) mass is 258 g/mol. The van der Waals surface area contributed by atoms with Gasteiger partial charge in [0.15, 0.2) is 0 Å². The van der Waals surface area contributed by atoms with Crippen molar-refractivity contribution in [1.82, 2.24) is 4.98 Å². The Morgan fingerprint density at radius 3 is 2.72 bits per heavy atom. The lowest BCUT2D eigenvalue weighted by Crippen LogP contribution is -2.14. The van der Waals surface area contributed by atoms with Crippen LogP contribution in [0.2, 0.25) is 0 Å². The van der Waals surface area contributed by atoms with Gasteiger partial charge < -0.3 is 5.32 Å². The summed E-state index contributed by atoms with van der Waals surface area (Å²) in [7, 11) is 0. The van der Waals surface area contributed by atoms with Crippen LogP contribution in [0.4, 0.5) is 5.69 Å². The number of carbonyl (C=O) groups excluding carboxylic acids is 1. The summed E-state index contributed by atoms with van der Waals surface area (Å²) in [5, 5.41) is 2.89. The molecule has 0 aliphatic heterocycles. The zero-order valence-corrected chi connectivity index (χ0v) is 11.2. The first-order valence-electron chi connectivity index (χ1n) is 5.60. The maximum Gasteiger partial charge on any atom is 0.255 e. The topological polar surface area (TPSA) is 42.0 Å². The molecule has 0 spiro atoms. The van der Waals surface area contributed by atoms with Gasteiger partial charge in [-0.05, 0) is 43.7 Å². The second-order valence-corrected chi connectivity index (χ2v) is 4.61. The Bertz CT molecular complexity index is 576. The fraction of sp³-hybridized carbons (Fsp3) is 0.143. The molecular formula is C14H14N2OS. The van der Waals surface area contributed by atoms with Gasteiger partial charge in [-0.2, -0.15) is 0 Å². The van der Waals surface area contributed by atoms with Gasteiger partial charge in [-0.3, -0.25) is 9.78 Å². The third kappa shape index (κ3) is 2.71. The second kappa shape index (κ2) is 5.23. The van der Waals surface area contributed by atoms with Crippen LogP contribution < -0.4 is 5.32 Å². The van der Waals surface area contributed by atoms with E-state index in [9.17, 15) is 4.79 Å². The van der Waals surface area contributed by atoms with Crippen LogP contribution in [-0.4, -0.2) is 10.9 Å². The Balaban J connectivity index is 2.27. The van der Waals surface area contributed by atoms with Crippen LogP contribution in [0.5, 0.6) is 0 Å². The number of nitrogens with one attached hydrogen (secondary N) is 1. The maximum absolute atomic E-state index is 12.1. The van der Waals surface area contributed by atoms with Crippen LogP contribution >= 0.6 is 12.6 Å². The first-order chi connectivity index (χ1) is 8.58. The van der Waals surface area contributed by atoms with Crippen LogP contribution in [0.15, 0.2) is 41.4 Å². The van der Waals surface area contributed by atoms with Gasteiger partial charge >= 0.3 is 0 Å². The smallest absolute Gasteiger partial charge is 0.255 e. The molecule has 0 saturated carbocycles. The maximum atomic E-state index is 12.1. The second-order valence-electron chi connectivity index (χ2n) is 4.09. The molecule has 92 valence electrons. The number of nitrogens with zero attached hydrogens (tertiary/aromatic N) is 1. The molecule has 18 heavy (non-hydrogen) atoms. The molecular weight excluding hydrogens is 244 g/mol. The standard InChI is InChI=1S/C14H14N2OS/c1-9-6-7-15-10(2)13(9)16-14(17)11-4-3-5-12(18)8-11/h3-8,18H,1-2H3,(H,16,17). The van der Waals surface area contributed by atoms with E-state index in [0.29, 0.717) is 5.56 Å². The summed E-state index contributed by atoms with van der Waals surface area (Å²) in [5.41, 5.74) is 3.17. The van der Waals surface area contributed by atoms with Gasteiger partial charge in [0.1, 0.15) is 0 Å². The molecule has 0 aliphatic carbocycles. The number of benzene rings is 1. The van der Waals surface area contributed by atoms with Gasteiger partial charge in [0.25, 0.3) is 5.91 Å². The average Bonchev–Trinajstić information content (AvgIpc) is 2.34. The molecule has 2 aromatic rings. The molecule has 0 bridgehead atoms. The molecule has 1 aromatic carbocycles. The van der Waals surface area contributed by atoms with Gasteiger partial charge in [0, 0.05) is 16.7 Å². The van der Waals surface area contributed by atoms with Crippen molar-refractivity contribution >= 4 is 24.2 Å². The molecule has 1 aromatic heterocycles. The Kier molecular flexibility index (Phi) is 3.67. The van der Waals surface area contributed by atoms with Crippen LogP contribution in [0.25, 0.3) is 0 Å². The summed E-state index contributed by atoms with van der Waals surface area (Å²) in [4.78, 5) is 17.0. The fourth-order valence-corrected chi connectivity index (χ4v) is 1.94. The van der Waals surface area contributed by atoms with E-state index in [1.165, 1.54) is 0 Å². The highest BCUT2D eigenvalue weighted by atomic mass is 32.1. The lowest BCUT2D eigenvalue weighted by molar-refractivity contribution is 0.102. The zero-order chi connectivity index (χ0) is 13.1. The Morgan fingerprint density at radius 1 is 1.28 bits per heavy atom. The fourth-order valence-electron chi connectivity index (χ4n) is 1.72. The number of pyridine rings is 1. The van der Waals surface area contributed by atoms with Crippen LogP contribution in [0.1, 0.15) is 21.6 Å². The largest absolute Gasteiger partial charge is 0.320 e. The average molecular weight is 258 g/mol. The van der Waals surface area contributed by atoms with E-state index in [0.717, 1.165) is 21.8 Å². The molecule has 4 heteroatoms. The van der Waals surface area contributed by atoms with Gasteiger partial charge in [0.2, 0.25) is 0 Å². The predicted octanol–water partition coefficient (Wildman–Crippen LogP) is 3.24. The first kappa shape index (κ1) is 12.6. The van der Waals surface area contributed by atoms with E-state index in [4.69, 9.17) is 0 Å². The summed E-state index contributed by atoms with van der Waals surface area (Å²) in [6, 6.07) is 9.01. The van der Waals surface area contributed by atoms with Crippen LogP contribution in [0.3, 0.4) is 0 Å². The highest BCUT2D eigenvalue weighted by Crippen LogP contribution is 2.18. The number of hydrogen-bond acceptors (Lipinski definition) is 3. The quantitative estimate of drug-likeness (QED) is 0.812. The molecule has 2 rings (SSSR count).